The molecule has 1 aromatic carbocycles. The molecule has 0 radical (unpaired) electrons. The minimum Gasteiger partial charge on any atom is -0.346 e. The normalized spacial score (nSPS) is 13.0. The molecule has 2 N–H and O–H groups in total. The zero-order valence-corrected chi connectivity index (χ0v) is 19.7. The van der Waals surface area contributed by atoms with Gasteiger partial charge in [0.15, 0.2) is 0 Å². The molecule has 0 aliphatic carbocycles. The molecule has 34 heavy (non-hydrogen) atoms. The maximum absolute atomic E-state index is 13.0. The van der Waals surface area contributed by atoms with Crippen LogP contribution in [0.15, 0.2) is 24.3 Å². The van der Waals surface area contributed by atoms with E-state index in [4.69, 9.17) is 0 Å². The molecule has 0 bridgehead atoms. The van der Waals surface area contributed by atoms with Gasteiger partial charge in [-0.25, -0.2) is 14.5 Å². The molecule has 8 nitrogen and oxygen atoms in total. The first-order valence-electron chi connectivity index (χ1n) is 10.7. The predicted molar refractivity (Wildman–Crippen MR) is 124 cm³/mol. The Balaban J connectivity index is 1.50. The third-order valence-corrected chi connectivity index (χ3v) is 6.23. The highest BCUT2D eigenvalue weighted by atomic mass is 32.2. The van der Waals surface area contributed by atoms with Crippen molar-refractivity contribution in [3.05, 3.63) is 52.9 Å². The second-order valence-electron chi connectivity index (χ2n) is 7.95. The topological polar surface area (TPSA) is 101 Å². The highest BCUT2D eigenvalue weighted by Gasteiger charge is 2.37. The second-order valence-corrected chi connectivity index (χ2v) is 8.93. The summed E-state index contributed by atoms with van der Waals surface area (Å²) in [5.41, 5.74) is 3.41. The number of hydrogen-bond donors (Lipinski definition) is 2. The number of carbonyl (C=O) groups excluding carboxylic acids is 1. The van der Waals surface area contributed by atoms with Gasteiger partial charge in [0.1, 0.15) is 5.82 Å². The number of halogens is 3. The van der Waals surface area contributed by atoms with Crippen LogP contribution in [0.3, 0.4) is 0 Å². The molecule has 0 unspecified atom stereocenters. The summed E-state index contributed by atoms with van der Waals surface area (Å²) in [5.74, 6) is 0.00743. The van der Waals surface area contributed by atoms with Crippen molar-refractivity contribution in [2.45, 2.75) is 45.3 Å². The standard InChI is InChI=1S/C22H24F3N7OS/c1-12-14(13(2)32-21(26-12)30-20(31-32)22(23,24)25)8-9-18(33)27-17(10-11-34-3)19-28-15-6-4-5-7-16(15)29-19/h4-7,17H,8-11H2,1-3H3,(H,27,33)(H,28,29)/t17-/m0/s1. The third-order valence-electron chi connectivity index (χ3n) is 5.59. The Morgan fingerprint density at radius 2 is 1.97 bits per heavy atom. The van der Waals surface area contributed by atoms with Crippen LogP contribution in [0.5, 0.6) is 0 Å². The molecule has 3 heterocycles. The van der Waals surface area contributed by atoms with E-state index in [2.05, 4.69) is 30.4 Å². The summed E-state index contributed by atoms with van der Waals surface area (Å²) in [4.78, 5) is 28.4. The van der Waals surface area contributed by atoms with Gasteiger partial charge >= 0.3 is 6.18 Å². The number of aryl methyl sites for hydroxylation is 2. The SMILES string of the molecule is CSCC[C@H](NC(=O)CCc1c(C)nc2nc(C(F)(F)F)nn2c1C)c1nc2ccccc2[nH]1. The van der Waals surface area contributed by atoms with Gasteiger partial charge in [0.2, 0.25) is 5.91 Å². The lowest BCUT2D eigenvalue weighted by atomic mass is 10.1. The van der Waals surface area contributed by atoms with Crippen molar-refractivity contribution in [1.29, 1.82) is 0 Å². The average molecular weight is 492 g/mol. The number of imidazole rings is 1. The molecule has 180 valence electrons. The van der Waals surface area contributed by atoms with Gasteiger partial charge in [-0.15, -0.1) is 5.10 Å². The molecular formula is C22H24F3N7OS. The monoisotopic (exact) mass is 491 g/mol. The number of para-hydroxylation sites is 2. The number of rotatable bonds is 8. The summed E-state index contributed by atoms with van der Waals surface area (Å²) in [7, 11) is 0. The average Bonchev–Trinajstić information content (AvgIpc) is 3.40. The van der Waals surface area contributed by atoms with Crippen LogP contribution in [0.25, 0.3) is 16.8 Å². The van der Waals surface area contributed by atoms with E-state index in [1.165, 1.54) is 0 Å². The number of aromatic amines is 1. The fraction of sp³-hybridized carbons (Fsp3) is 0.409. The van der Waals surface area contributed by atoms with Gasteiger partial charge in [0, 0.05) is 17.8 Å². The lowest BCUT2D eigenvalue weighted by Crippen LogP contribution is -2.30. The van der Waals surface area contributed by atoms with Crippen LogP contribution in [-0.2, 0) is 17.4 Å². The summed E-state index contributed by atoms with van der Waals surface area (Å²) < 4.78 is 40.1. The van der Waals surface area contributed by atoms with E-state index in [0.717, 1.165) is 21.3 Å². The number of nitrogens with zero attached hydrogens (tertiary/aromatic N) is 5. The molecule has 0 spiro atoms. The van der Waals surface area contributed by atoms with Gasteiger partial charge in [-0.3, -0.25) is 4.79 Å². The van der Waals surface area contributed by atoms with Gasteiger partial charge in [0.25, 0.3) is 11.6 Å². The Hall–Kier alpha value is -3.15. The predicted octanol–water partition coefficient (Wildman–Crippen LogP) is 4.18. The number of benzene rings is 1. The van der Waals surface area contributed by atoms with Crippen LogP contribution in [-0.4, -0.2) is 47.5 Å². The lowest BCUT2D eigenvalue weighted by molar-refractivity contribution is -0.144. The minimum absolute atomic E-state index is 0.113. The number of nitrogens with one attached hydrogen (secondary N) is 2. The summed E-state index contributed by atoms with van der Waals surface area (Å²) in [6.07, 6.45) is -1.50. The number of alkyl halides is 3. The smallest absolute Gasteiger partial charge is 0.346 e. The molecule has 0 saturated carbocycles. The first-order chi connectivity index (χ1) is 16.2. The van der Waals surface area contributed by atoms with Crippen LogP contribution in [0, 0.1) is 13.8 Å². The van der Waals surface area contributed by atoms with E-state index >= 15 is 0 Å². The Labute approximate surface area is 197 Å². The van der Waals surface area contributed by atoms with E-state index in [9.17, 15) is 18.0 Å². The van der Waals surface area contributed by atoms with Crippen LogP contribution >= 0.6 is 11.8 Å². The number of hydrogen-bond acceptors (Lipinski definition) is 6. The van der Waals surface area contributed by atoms with Crippen molar-refractivity contribution in [3.63, 3.8) is 0 Å². The van der Waals surface area contributed by atoms with Crippen molar-refractivity contribution in [2.24, 2.45) is 0 Å². The van der Waals surface area contributed by atoms with Gasteiger partial charge < -0.3 is 10.3 Å². The Morgan fingerprint density at radius 3 is 2.68 bits per heavy atom. The number of H-pyrrole nitrogens is 1. The summed E-state index contributed by atoms with van der Waals surface area (Å²) in [5, 5.41) is 6.61. The number of carbonyl (C=O) groups is 1. The van der Waals surface area contributed by atoms with E-state index < -0.39 is 12.0 Å². The molecule has 0 saturated heterocycles. The zero-order valence-electron chi connectivity index (χ0n) is 18.9. The number of thioether (sulfide) groups is 1. The molecular weight excluding hydrogens is 467 g/mol. The first kappa shape index (κ1) is 24.0. The fourth-order valence-electron chi connectivity index (χ4n) is 3.85. The Morgan fingerprint density at radius 1 is 1.21 bits per heavy atom. The van der Waals surface area contributed by atoms with Crippen molar-refractivity contribution in [1.82, 2.24) is 34.9 Å². The van der Waals surface area contributed by atoms with Crippen LogP contribution in [0.1, 0.15) is 47.5 Å². The number of aromatic nitrogens is 6. The minimum atomic E-state index is -4.66. The molecule has 0 aliphatic rings. The third kappa shape index (κ3) is 5.01. The second kappa shape index (κ2) is 9.61. The molecule has 0 fully saturated rings. The van der Waals surface area contributed by atoms with Crippen LogP contribution < -0.4 is 5.32 Å². The molecule has 1 atom stereocenters. The summed E-state index contributed by atoms with van der Waals surface area (Å²) >= 11 is 1.68. The van der Waals surface area contributed by atoms with Crippen molar-refractivity contribution in [3.8, 4) is 0 Å². The largest absolute Gasteiger partial charge is 0.453 e. The first-order valence-corrected chi connectivity index (χ1v) is 12.1. The van der Waals surface area contributed by atoms with Crippen molar-refractivity contribution in [2.75, 3.05) is 12.0 Å². The highest BCUT2D eigenvalue weighted by Crippen LogP contribution is 2.27. The van der Waals surface area contributed by atoms with E-state index in [0.29, 0.717) is 35.6 Å². The van der Waals surface area contributed by atoms with Gasteiger partial charge in [-0.1, -0.05) is 12.1 Å². The van der Waals surface area contributed by atoms with Crippen molar-refractivity contribution >= 4 is 34.5 Å². The van der Waals surface area contributed by atoms with E-state index in [1.54, 1.807) is 25.6 Å². The summed E-state index contributed by atoms with van der Waals surface area (Å²) in [6.45, 7) is 3.34. The molecule has 12 heteroatoms. The molecule has 3 aromatic heterocycles. The molecule has 4 aromatic rings. The Bertz CT molecular complexity index is 1300. The molecule has 1 amide bonds. The van der Waals surface area contributed by atoms with Crippen LogP contribution in [0.2, 0.25) is 0 Å². The number of fused-ring (bicyclic) bond motifs is 2. The fourth-order valence-corrected chi connectivity index (χ4v) is 4.32. The van der Waals surface area contributed by atoms with E-state index in [-0.39, 0.29) is 24.1 Å². The maximum atomic E-state index is 13.0. The van der Waals surface area contributed by atoms with Gasteiger partial charge in [-0.05, 0) is 56.4 Å². The zero-order chi connectivity index (χ0) is 24.5. The number of amides is 1. The molecule has 4 rings (SSSR count). The van der Waals surface area contributed by atoms with Crippen LogP contribution in [0.4, 0.5) is 13.2 Å². The summed E-state index contributed by atoms with van der Waals surface area (Å²) in [6, 6.07) is 7.39. The molecule has 0 aliphatic heterocycles. The van der Waals surface area contributed by atoms with Gasteiger partial charge in [-0.2, -0.15) is 29.9 Å². The highest BCUT2D eigenvalue weighted by molar-refractivity contribution is 7.98. The maximum Gasteiger partial charge on any atom is 0.453 e. The van der Waals surface area contributed by atoms with E-state index in [1.807, 2.05) is 30.5 Å². The Kier molecular flexibility index (Phi) is 6.78. The van der Waals surface area contributed by atoms with Gasteiger partial charge in [0.05, 0.1) is 17.1 Å². The lowest BCUT2D eigenvalue weighted by Gasteiger charge is -2.17. The van der Waals surface area contributed by atoms with Crippen molar-refractivity contribution < 1.29 is 18.0 Å². The quantitative estimate of drug-likeness (QED) is 0.384.